The average Bonchev–Trinajstić information content (AvgIpc) is 2.01. The fraction of sp³-hybridized carbons (Fsp3) is 0. The van der Waals surface area contributed by atoms with Crippen LogP contribution in [-0.4, -0.2) is 29.2 Å². The molecule has 0 heterocycles. The van der Waals surface area contributed by atoms with Gasteiger partial charge >= 0.3 is 35.5 Å². The van der Waals surface area contributed by atoms with Crippen molar-refractivity contribution in [3.8, 4) is 5.75 Å². The van der Waals surface area contributed by atoms with Crippen LogP contribution in [0.5, 0.6) is 5.75 Å². The molecule has 8 heteroatoms. The Bertz CT molecular complexity index is 480. The zero-order chi connectivity index (χ0) is 10.9. The van der Waals surface area contributed by atoms with Crippen molar-refractivity contribution in [1.82, 2.24) is 0 Å². The Balaban J connectivity index is 0.00000196. The van der Waals surface area contributed by atoms with E-state index in [9.17, 15) is 17.8 Å². The average molecular weight is 240 g/mol. The number of carboxylic acid groups (broad SMARTS) is 1. The van der Waals surface area contributed by atoms with Gasteiger partial charge in [-0.05, 0) is 18.2 Å². The summed E-state index contributed by atoms with van der Waals surface area (Å²) < 4.78 is 31.7. The molecule has 1 aromatic carbocycles. The molecule has 0 unspecified atom stereocenters. The summed E-state index contributed by atoms with van der Waals surface area (Å²) >= 11 is 0. The molecule has 0 saturated heterocycles. The fourth-order valence-electron chi connectivity index (χ4n) is 0.903. The van der Waals surface area contributed by atoms with Crippen molar-refractivity contribution in [2.45, 2.75) is 4.90 Å². The summed E-state index contributed by atoms with van der Waals surface area (Å²) in [4.78, 5) is 9.65. The van der Waals surface area contributed by atoms with Crippen LogP contribution >= 0.6 is 0 Å². The second-order valence-electron chi connectivity index (χ2n) is 2.44. The van der Waals surface area contributed by atoms with Gasteiger partial charge in [0.15, 0.2) is 0 Å². The maximum atomic E-state index is 10.6. The molecule has 0 aliphatic rings. The van der Waals surface area contributed by atoms with E-state index in [4.69, 9.17) is 10.2 Å². The molecule has 0 aromatic heterocycles. The van der Waals surface area contributed by atoms with Crippen LogP contribution in [0.3, 0.4) is 0 Å². The number of aromatic carboxylic acids is 1. The van der Waals surface area contributed by atoms with E-state index in [-0.39, 0.29) is 29.6 Å². The summed E-state index contributed by atoms with van der Waals surface area (Å²) in [7, 11) is -4.84. The zero-order valence-corrected chi connectivity index (χ0v) is 10.5. The molecule has 2 N–H and O–H groups in total. The van der Waals surface area contributed by atoms with Crippen molar-refractivity contribution in [2.24, 2.45) is 0 Å². The van der Waals surface area contributed by atoms with E-state index in [1.807, 2.05) is 0 Å². The molecule has 0 aliphatic heterocycles. The number of carboxylic acids is 1. The molecule has 0 spiro atoms. The van der Waals surface area contributed by atoms with Crippen molar-refractivity contribution >= 4 is 16.1 Å². The molecular formula is C7H5NaO6S. The summed E-state index contributed by atoms with van der Waals surface area (Å²) in [5.41, 5.74) is -0.736. The second kappa shape index (κ2) is 4.95. The molecule has 1 aromatic rings. The van der Waals surface area contributed by atoms with E-state index in [1.54, 1.807) is 0 Å². The van der Waals surface area contributed by atoms with Crippen LogP contribution in [0.25, 0.3) is 0 Å². The van der Waals surface area contributed by atoms with Crippen molar-refractivity contribution < 1.29 is 57.5 Å². The molecule has 0 saturated carbocycles. The molecule has 76 valence electrons. The Morgan fingerprint density at radius 3 is 2.27 bits per heavy atom. The SMILES string of the molecule is O=C(O)c1cc(O)ccc1S(=O)(=O)[O-].[Na+]. The minimum atomic E-state index is -4.84. The van der Waals surface area contributed by atoms with Gasteiger partial charge in [-0.25, -0.2) is 13.2 Å². The Morgan fingerprint density at radius 1 is 1.33 bits per heavy atom. The molecule has 0 radical (unpaired) electrons. The number of hydrogen-bond donors (Lipinski definition) is 2. The minimum Gasteiger partial charge on any atom is -0.744 e. The van der Waals surface area contributed by atoms with Crippen LogP contribution in [0.2, 0.25) is 0 Å². The van der Waals surface area contributed by atoms with Gasteiger partial charge in [0, 0.05) is 0 Å². The zero-order valence-electron chi connectivity index (χ0n) is 7.67. The Kier molecular flexibility index (Phi) is 4.75. The summed E-state index contributed by atoms with van der Waals surface area (Å²) in [6.45, 7) is 0. The summed E-state index contributed by atoms with van der Waals surface area (Å²) in [5, 5.41) is 17.4. The van der Waals surface area contributed by atoms with Crippen LogP contribution in [-0.2, 0) is 10.1 Å². The maximum Gasteiger partial charge on any atom is 1.00 e. The third kappa shape index (κ3) is 3.47. The van der Waals surface area contributed by atoms with Gasteiger partial charge in [0.25, 0.3) is 0 Å². The smallest absolute Gasteiger partial charge is 0.744 e. The standard InChI is InChI=1S/C7H6O6S.Na/c8-4-1-2-6(14(11,12)13)5(3-4)7(9)10;/h1-3,8H,(H,9,10)(H,11,12,13);/q;+1/p-1. The first-order valence-corrected chi connectivity index (χ1v) is 4.75. The van der Waals surface area contributed by atoms with Crippen LogP contribution in [0, 0.1) is 0 Å². The van der Waals surface area contributed by atoms with Crippen molar-refractivity contribution in [2.75, 3.05) is 0 Å². The van der Waals surface area contributed by atoms with Gasteiger partial charge in [0.2, 0.25) is 0 Å². The van der Waals surface area contributed by atoms with Crippen LogP contribution in [0.15, 0.2) is 23.1 Å². The number of aromatic hydroxyl groups is 1. The predicted octanol–water partition coefficient (Wildman–Crippen LogP) is -3.00. The van der Waals surface area contributed by atoms with Crippen molar-refractivity contribution in [3.05, 3.63) is 23.8 Å². The summed E-state index contributed by atoms with van der Waals surface area (Å²) in [5.74, 6) is -2.01. The molecule has 6 nitrogen and oxygen atoms in total. The minimum absolute atomic E-state index is 0. The third-order valence-corrected chi connectivity index (χ3v) is 2.36. The van der Waals surface area contributed by atoms with E-state index < -0.39 is 32.3 Å². The Hall–Kier alpha value is -0.600. The third-order valence-electron chi connectivity index (χ3n) is 1.46. The van der Waals surface area contributed by atoms with Gasteiger partial charge in [-0.1, -0.05) is 0 Å². The normalized spacial score (nSPS) is 10.5. The first kappa shape index (κ1) is 14.4. The monoisotopic (exact) mass is 240 g/mol. The topological polar surface area (TPSA) is 115 Å². The van der Waals surface area contributed by atoms with Crippen molar-refractivity contribution in [3.63, 3.8) is 0 Å². The number of phenolic OH excluding ortho intramolecular Hbond substituents is 1. The second-order valence-corrected chi connectivity index (χ2v) is 3.79. The van der Waals surface area contributed by atoms with E-state index in [0.717, 1.165) is 12.1 Å². The largest absolute Gasteiger partial charge is 1.00 e. The number of benzene rings is 1. The van der Waals surface area contributed by atoms with Gasteiger partial charge in [-0.2, -0.15) is 0 Å². The van der Waals surface area contributed by atoms with Gasteiger partial charge in [-0.15, -0.1) is 0 Å². The van der Waals surface area contributed by atoms with E-state index >= 15 is 0 Å². The molecule has 0 amide bonds. The fourth-order valence-corrected chi connectivity index (χ4v) is 1.55. The summed E-state index contributed by atoms with van der Waals surface area (Å²) in [6.07, 6.45) is 0. The molecule has 0 aliphatic carbocycles. The van der Waals surface area contributed by atoms with Gasteiger partial charge in [-0.3, -0.25) is 0 Å². The molecule has 1 rings (SSSR count). The molecule has 0 fully saturated rings. The number of hydrogen-bond acceptors (Lipinski definition) is 5. The summed E-state index contributed by atoms with van der Waals surface area (Å²) in [6, 6.07) is 2.38. The Morgan fingerprint density at radius 2 is 1.87 bits per heavy atom. The van der Waals surface area contributed by atoms with E-state index in [0.29, 0.717) is 6.07 Å². The van der Waals surface area contributed by atoms with Crippen LogP contribution < -0.4 is 29.6 Å². The van der Waals surface area contributed by atoms with E-state index in [1.165, 1.54) is 0 Å². The number of rotatable bonds is 2. The van der Waals surface area contributed by atoms with Crippen LogP contribution in [0.4, 0.5) is 0 Å². The molecule has 0 bridgehead atoms. The van der Waals surface area contributed by atoms with Gasteiger partial charge < -0.3 is 14.8 Å². The van der Waals surface area contributed by atoms with Gasteiger partial charge in [0.1, 0.15) is 15.9 Å². The number of phenols is 1. The maximum absolute atomic E-state index is 10.6. The van der Waals surface area contributed by atoms with Gasteiger partial charge in [0.05, 0.1) is 10.5 Å². The molecule has 15 heavy (non-hydrogen) atoms. The van der Waals surface area contributed by atoms with E-state index in [2.05, 4.69) is 0 Å². The first-order valence-electron chi connectivity index (χ1n) is 3.34. The van der Waals surface area contributed by atoms with Crippen molar-refractivity contribution in [1.29, 1.82) is 0 Å². The first-order chi connectivity index (χ1) is 6.32. The molecule has 0 atom stereocenters. The number of carbonyl (C=O) groups is 1. The predicted molar refractivity (Wildman–Crippen MR) is 43.0 cm³/mol. The quantitative estimate of drug-likeness (QED) is 0.420. The molecular weight excluding hydrogens is 235 g/mol. The van der Waals surface area contributed by atoms with Crippen LogP contribution in [0.1, 0.15) is 10.4 Å². The Labute approximate surface area is 108 Å².